The molecule has 0 saturated carbocycles. The molecule has 4 heterocycles. The van der Waals surface area contributed by atoms with Gasteiger partial charge in [0, 0.05) is 32.7 Å². The largest absolute Gasteiger partial charge is 0.378 e. The van der Waals surface area contributed by atoms with Crippen molar-refractivity contribution in [2.75, 3.05) is 62.8 Å². The molecule has 0 spiro atoms. The molecule has 9 nitrogen and oxygen atoms in total. The Morgan fingerprint density at radius 2 is 1.61 bits per heavy atom. The number of hydrogen-bond donors (Lipinski definition) is 0. The van der Waals surface area contributed by atoms with E-state index < -0.39 is 0 Å². The van der Waals surface area contributed by atoms with Crippen molar-refractivity contribution in [2.45, 2.75) is 6.04 Å². The molecule has 0 N–H and O–H groups in total. The average Bonchev–Trinajstić information content (AvgIpc) is 3.22. The number of fused-ring (bicyclic) bond motifs is 1. The van der Waals surface area contributed by atoms with Crippen LogP contribution in [0.15, 0.2) is 35.0 Å². The fraction of sp³-hybridized carbons (Fsp3) is 0.474. The van der Waals surface area contributed by atoms with E-state index in [1.807, 2.05) is 6.07 Å². The van der Waals surface area contributed by atoms with Gasteiger partial charge in [-0.25, -0.2) is 14.6 Å². The van der Waals surface area contributed by atoms with Crippen LogP contribution in [0.4, 0.5) is 11.6 Å². The third-order valence-corrected chi connectivity index (χ3v) is 5.43. The molecule has 0 radical (unpaired) electrons. The van der Waals surface area contributed by atoms with Crippen molar-refractivity contribution in [3.05, 3.63) is 35.9 Å². The number of likely N-dealkylation sites (N-methyl/N-ethyl adjacent to an activating group) is 1. The van der Waals surface area contributed by atoms with E-state index in [1.165, 1.54) is 5.56 Å². The minimum Gasteiger partial charge on any atom is -0.378 e. The van der Waals surface area contributed by atoms with Gasteiger partial charge in [-0.15, -0.1) is 0 Å². The Morgan fingerprint density at radius 1 is 0.893 bits per heavy atom. The van der Waals surface area contributed by atoms with Crippen LogP contribution in [0.2, 0.25) is 0 Å². The molecule has 0 aliphatic carbocycles. The molecule has 5 rings (SSSR count). The normalized spacial score (nSPS) is 21.4. The minimum atomic E-state index is 0.186. The smallest absolute Gasteiger partial charge is 0.245 e. The lowest BCUT2D eigenvalue weighted by Gasteiger charge is -2.42. The maximum absolute atomic E-state index is 5.53. The molecule has 2 aliphatic rings. The summed E-state index contributed by atoms with van der Waals surface area (Å²) in [7, 11) is 2.16. The van der Waals surface area contributed by atoms with Crippen molar-refractivity contribution in [2.24, 2.45) is 0 Å². The van der Waals surface area contributed by atoms with Gasteiger partial charge in [0.1, 0.15) is 0 Å². The molecule has 9 heteroatoms. The van der Waals surface area contributed by atoms with E-state index in [0.717, 1.165) is 44.4 Å². The number of piperazine rings is 1. The molecule has 1 aromatic carbocycles. The first kappa shape index (κ1) is 17.3. The van der Waals surface area contributed by atoms with Crippen molar-refractivity contribution in [1.82, 2.24) is 25.2 Å². The van der Waals surface area contributed by atoms with Crippen LogP contribution in [-0.4, -0.2) is 78.2 Å². The number of aromatic nitrogens is 4. The molecule has 2 saturated heterocycles. The Morgan fingerprint density at radius 3 is 2.36 bits per heavy atom. The lowest BCUT2D eigenvalue weighted by Crippen LogP contribution is -2.48. The first-order valence-electron chi connectivity index (χ1n) is 9.63. The third-order valence-electron chi connectivity index (χ3n) is 5.43. The van der Waals surface area contributed by atoms with Gasteiger partial charge in [-0.3, -0.25) is 0 Å². The van der Waals surface area contributed by atoms with E-state index in [4.69, 9.17) is 19.3 Å². The highest BCUT2D eigenvalue weighted by Gasteiger charge is 2.32. The quantitative estimate of drug-likeness (QED) is 0.667. The fourth-order valence-electron chi connectivity index (χ4n) is 3.93. The molecule has 2 aromatic heterocycles. The predicted molar refractivity (Wildman–Crippen MR) is 104 cm³/mol. The number of ether oxygens (including phenoxy) is 1. The molecule has 2 fully saturated rings. The van der Waals surface area contributed by atoms with Crippen LogP contribution >= 0.6 is 0 Å². The van der Waals surface area contributed by atoms with Gasteiger partial charge < -0.3 is 19.4 Å². The molecule has 0 bridgehead atoms. The van der Waals surface area contributed by atoms with E-state index in [2.05, 4.69) is 56.3 Å². The molecule has 3 aromatic rings. The topological polar surface area (TPSA) is 83.7 Å². The third kappa shape index (κ3) is 3.16. The van der Waals surface area contributed by atoms with Crippen molar-refractivity contribution in [3.8, 4) is 0 Å². The van der Waals surface area contributed by atoms with E-state index in [0.29, 0.717) is 24.5 Å². The summed E-state index contributed by atoms with van der Waals surface area (Å²) in [5, 5.41) is 7.84. The Bertz CT molecular complexity index is 942. The molecule has 0 unspecified atom stereocenters. The standard InChI is InChI=1S/C19H23N7O2/c1-24-7-8-26(15(13-24)14-5-3-2-4-6-14)19-18(25-9-11-27-12-10-25)20-16-17(21-19)23-28-22-16/h2-6,15H,7-13H2,1H3/t15-/m1/s1. The summed E-state index contributed by atoms with van der Waals surface area (Å²) in [6, 6.07) is 10.8. The summed E-state index contributed by atoms with van der Waals surface area (Å²) in [5.74, 6) is 1.67. The Balaban J connectivity index is 1.61. The number of rotatable bonds is 3. The maximum atomic E-state index is 5.53. The number of hydrogen-bond acceptors (Lipinski definition) is 9. The molecule has 0 amide bonds. The summed E-state index contributed by atoms with van der Waals surface area (Å²) >= 11 is 0. The molecular formula is C19H23N7O2. The molecule has 146 valence electrons. The van der Waals surface area contributed by atoms with Crippen LogP contribution in [-0.2, 0) is 4.74 Å². The second kappa shape index (κ2) is 7.33. The van der Waals surface area contributed by atoms with Crippen molar-refractivity contribution >= 4 is 22.9 Å². The highest BCUT2D eigenvalue weighted by Crippen LogP contribution is 2.35. The van der Waals surface area contributed by atoms with Crippen molar-refractivity contribution in [3.63, 3.8) is 0 Å². The SMILES string of the molecule is CN1CCN(c2nc3nonc3nc2N2CCOCC2)[C@@H](c2ccccc2)C1. The highest BCUT2D eigenvalue weighted by atomic mass is 16.6. The van der Waals surface area contributed by atoms with Crippen LogP contribution in [0.5, 0.6) is 0 Å². The predicted octanol–water partition coefficient (Wildman–Crippen LogP) is 1.34. The first-order valence-corrected chi connectivity index (χ1v) is 9.63. The first-order chi connectivity index (χ1) is 13.8. The summed E-state index contributed by atoms with van der Waals surface area (Å²) < 4.78 is 10.4. The van der Waals surface area contributed by atoms with Crippen molar-refractivity contribution < 1.29 is 9.37 Å². The molecular weight excluding hydrogens is 358 g/mol. The van der Waals surface area contributed by atoms with Gasteiger partial charge >= 0.3 is 0 Å². The number of nitrogens with zero attached hydrogens (tertiary/aromatic N) is 7. The number of benzene rings is 1. The van der Waals surface area contributed by atoms with Crippen LogP contribution in [0.1, 0.15) is 11.6 Å². The highest BCUT2D eigenvalue weighted by molar-refractivity contribution is 5.75. The lowest BCUT2D eigenvalue weighted by molar-refractivity contribution is 0.122. The number of morpholine rings is 1. The molecule has 28 heavy (non-hydrogen) atoms. The van der Waals surface area contributed by atoms with E-state index in [9.17, 15) is 0 Å². The van der Waals surface area contributed by atoms with Gasteiger partial charge in [0.25, 0.3) is 0 Å². The Hall–Kier alpha value is -2.78. The minimum absolute atomic E-state index is 0.186. The fourth-order valence-corrected chi connectivity index (χ4v) is 3.93. The zero-order chi connectivity index (χ0) is 18.9. The summed E-state index contributed by atoms with van der Waals surface area (Å²) in [4.78, 5) is 16.5. The summed E-state index contributed by atoms with van der Waals surface area (Å²) in [6.45, 7) is 5.66. The van der Waals surface area contributed by atoms with Gasteiger partial charge in [-0.2, -0.15) is 0 Å². The maximum Gasteiger partial charge on any atom is 0.245 e. The molecule has 1 atom stereocenters. The molecule has 2 aliphatic heterocycles. The zero-order valence-corrected chi connectivity index (χ0v) is 15.9. The second-order valence-corrected chi connectivity index (χ2v) is 7.26. The van der Waals surface area contributed by atoms with E-state index >= 15 is 0 Å². The zero-order valence-electron chi connectivity index (χ0n) is 15.9. The van der Waals surface area contributed by atoms with E-state index in [1.54, 1.807) is 0 Å². The Kier molecular flexibility index (Phi) is 4.53. The van der Waals surface area contributed by atoms with Gasteiger partial charge in [-0.05, 0) is 22.9 Å². The van der Waals surface area contributed by atoms with Gasteiger partial charge in [0.2, 0.25) is 11.3 Å². The van der Waals surface area contributed by atoms with Crippen molar-refractivity contribution in [1.29, 1.82) is 0 Å². The Labute approximate surface area is 162 Å². The average molecular weight is 381 g/mol. The summed E-state index contributed by atoms with van der Waals surface area (Å²) in [5.41, 5.74) is 2.15. The van der Waals surface area contributed by atoms with Gasteiger partial charge in [0.15, 0.2) is 11.6 Å². The van der Waals surface area contributed by atoms with Gasteiger partial charge in [0.05, 0.1) is 19.3 Å². The monoisotopic (exact) mass is 381 g/mol. The summed E-state index contributed by atoms with van der Waals surface area (Å²) in [6.07, 6.45) is 0. The van der Waals surface area contributed by atoms with Crippen LogP contribution in [0, 0.1) is 0 Å². The van der Waals surface area contributed by atoms with Crippen LogP contribution < -0.4 is 9.80 Å². The van der Waals surface area contributed by atoms with E-state index in [-0.39, 0.29) is 6.04 Å². The number of anilines is 2. The second-order valence-electron chi connectivity index (χ2n) is 7.26. The van der Waals surface area contributed by atoms with Crippen LogP contribution in [0.3, 0.4) is 0 Å². The van der Waals surface area contributed by atoms with Gasteiger partial charge in [-0.1, -0.05) is 30.3 Å². The van der Waals surface area contributed by atoms with Crippen LogP contribution in [0.25, 0.3) is 11.3 Å². The lowest BCUT2D eigenvalue weighted by atomic mass is 10.0.